The van der Waals surface area contributed by atoms with Crippen molar-refractivity contribution in [1.82, 2.24) is 0 Å². The van der Waals surface area contributed by atoms with E-state index in [1.165, 1.54) is 17.9 Å². The molecule has 0 aliphatic carbocycles. The van der Waals surface area contributed by atoms with E-state index in [2.05, 4.69) is 6.58 Å². The molecule has 1 aliphatic rings. The van der Waals surface area contributed by atoms with Gasteiger partial charge in [0.05, 0.1) is 5.69 Å². The maximum atomic E-state index is 12.1. The Hall–Kier alpha value is -2.30. The SMILES string of the molecule is C=CCOC(=O)N1c2ccccc2CC1(C)C(=O)O. The van der Waals surface area contributed by atoms with Gasteiger partial charge >= 0.3 is 12.1 Å². The van der Waals surface area contributed by atoms with Gasteiger partial charge in [-0.2, -0.15) is 0 Å². The van der Waals surface area contributed by atoms with Crippen molar-refractivity contribution in [1.29, 1.82) is 0 Å². The highest BCUT2D eigenvalue weighted by Gasteiger charge is 2.49. The molecule has 0 fully saturated rings. The zero-order chi connectivity index (χ0) is 14.0. The predicted molar refractivity (Wildman–Crippen MR) is 70.2 cm³/mol. The maximum Gasteiger partial charge on any atom is 0.415 e. The third-order valence-corrected chi connectivity index (χ3v) is 3.23. The van der Waals surface area contributed by atoms with Crippen LogP contribution >= 0.6 is 0 Å². The summed E-state index contributed by atoms with van der Waals surface area (Å²) in [6.45, 7) is 5.03. The van der Waals surface area contributed by atoms with E-state index in [1.54, 1.807) is 12.1 Å². The first kappa shape index (κ1) is 13.1. The Labute approximate surface area is 111 Å². The summed E-state index contributed by atoms with van der Waals surface area (Å²) in [5, 5.41) is 9.42. The van der Waals surface area contributed by atoms with E-state index in [0.29, 0.717) is 5.69 Å². The molecule has 100 valence electrons. The molecule has 5 nitrogen and oxygen atoms in total. The second kappa shape index (κ2) is 4.76. The van der Waals surface area contributed by atoms with E-state index in [4.69, 9.17) is 4.74 Å². The number of rotatable bonds is 3. The topological polar surface area (TPSA) is 66.8 Å². The lowest BCUT2D eigenvalue weighted by molar-refractivity contribution is -0.142. The number of carbonyl (C=O) groups excluding carboxylic acids is 1. The summed E-state index contributed by atoms with van der Waals surface area (Å²) in [6.07, 6.45) is 1.04. The predicted octanol–water partition coefficient (Wildman–Crippen LogP) is 2.21. The van der Waals surface area contributed by atoms with Crippen LogP contribution in [0.15, 0.2) is 36.9 Å². The number of fused-ring (bicyclic) bond motifs is 1. The van der Waals surface area contributed by atoms with Crippen LogP contribution < -0.4 is 4.90 Å². The number of aliphatic carboxylic acids is 1. The molecule has 1 N–H and O–H groups in total. The van der Waals surface area contributed by atoms with Crippen molar-refractivity contribution < 1.29 is 19.4 Å². The van der Waals surface area contributed by atoms with Crippen LogP contribution in [0.2, 0.25) is 0 Å². The van der Waals surface area contributed by atoms with Gasteiger partial charge < -0.3 is 9.84 Å². The van der Waals surface area contributed by atoms with E-state index >= 15 is 0 Å². The lowest BCUT2D eigenvalue weighted by Crippen LogP contribution is -2.53. The highest BCUT2D eigenvalue weighted by Crippen LogP contribution is 2.39. The van der Waals surface area contributed by atoms with Crippen molar-refractivity contribution >= 4 is 17.7 Å². The van der Waals surface area contributed by atoms with Crippen LogP contribution in [0.4, 0.5) is 10.5 Å². The Balaban J connectivity index is 2.42. The van der Waals surface area contributed by atoms with Gasteiger partial charge in [0.1, 0.15) is 12.1 Å². The average molecular weight is 261 g/mol. The Kier molecular flexibility index (Phi) is 3.29. The molecule has 2 rings (SSSR count). The standard InChI is InChI=1S/C14H15NO4/c1-3-8-19-13(18)15-11-7-5-4-6-10(11)9-14(15,2)12(16)17/h3-7H,1,8-9H2,2H3,(H,16,17). The van der Waals surface area contributed by atoms with Crippen molar-refractivity contribution in [2.24, 2.45) is 0 Å². The molecule has 5 heteroatoms. The average Bonchev–Trinajstić information content (AvgIpc) is 2.69. The molecular formula is C14H15NO4. The van der Waals surface area contributed by atoms with Crippen LogP contribution in [0, 0.1) is 0 Å². The second-order valence-corrected chi connectivity index (χ2v) is 4.59. The third-order valence-electron chi connectivity index (χ3n) is 3.23. The van der Waals surface area contributed by atoms with Gasteiger partial charge in [0.15, 0.2) is 0 Å². The summed E-state index contributed by atoms with van der Waals surface area (Å²) in [6, 6.07) is 7.12. The van der Waals surface area contributed by atoms with Gasteiger partial charge in [0, 0.05) is 6.42 Å². The van der Waals surface area contributed by atoms with Crippen molar-refractivity contribution in [2.75, 3.05) is 11.5 Å². The molecule has 0 bridgehead atoms. The molecule has 0 saturated heterocycles. The largest absolute Gasteiger partial charge is 0.479 e. The third kappa shape index (κ3) is 2.07. The van der Waals surface area contributed by atoms with Crippen LogP contribution in [-0.4, -0.2) is 29.3 Å². The number of anilines is 1. The fourth-order valence-electron chi connectivity index (χ4n) is 2.26. The van der Waals surface area contributed by atoms with E-state index in [9.17, 15) is 14.7 Å². The zero-order valence-corrected chi connectivity index (χ0v) is 10.6. The molecule has 0 aromatic heterocycles. The molecule has 1 unspecified atom stereocenters. The number of hydrogen-bond acceptors (Lipinski definition) is 3. The summed E-state index contributed by atoms with van der Waals surface area (Å²) in [5.41, 5.74) is 0.0893. The number of carboxylic acids is 1. The van der Waals surface area contributed by atoms with E-state index in [0.717, 1.165) is 5.56 Å². The lowest BCUT2D eigenvalue weighted by Gasteiger charge is -2.30. The van der Waals surface area contributed by atoms with E-state index in [-0.39, 0.29) is 13.0 Å². The molecule has 0 radical (unpaired) electrons. The number of hydrogen-bond donors (Lipinski definition) is 1. The molecule has 1 aromatic rings. The Morgan fingerprint density at radius 3 is 2.84 bits per heavy atom. The first-order valence-corrected chi connectivity index (χ1v) is 5.90. The van der Waals surface area contributed by atoms with Crippen LogP contribution in [0.5, 0.6) is 0 Å². The summed E-state index contributed by atoms with van der Waals surface area (Å²) in [7, 11) is 0. The number of benzene rings is 1. The van der Waals surface area contributed by atoms with Gasteiger partial charge in [-0.05, 0) is 18.6 Å². The Morgan fingerprint density at radius 2 is 2.21 bits per heavy atom. The fraction of sp³-hybridized carbons (Fsp3) is 0.286. The Morgan fingerprint density at radius 1 is 1.53 bits per heavy atom. The molecule has 19 heavy (non-hydrogen) atoms. The van der Waals surface area contributed by atoms with Gasteiger partial charge in [-0.1, -0.05) is 30.9 Å². The minimum atomic E-state index is -1.32. The van der Waals surface area contributed by atoms with Crippen LogP contribution in [0.1, 0.15) is 12.5 Å². The lowest BCUT2D eigenvalue weighted by atomic mass is 9.97. The van der Waals surface area contributed by atoms with Crippen LogP contribution in [0.25, 0.3) is 0 Å². The second-order valence-electron chi connectivity index (χ2n) is 4.59. The number of amides is 1. The minimum Gasteiger partial charge on any atom is -0.479 e. The molecular weight excluding hydrogens is 246 g/mol. The number of carboxylic acid groups (broad SMARTS) is 1. The number of ether oxygens (including phenoxy) is 1. The van der Waals surface area contributed by atoms with Gasteiger partial charge in [-0.25, -0.2) is 9.59 Å². The number of carbonyl (C=O) groups is 2. The first-order valence-electron chi connectivity index (χ1n) is 5.90. The monoisotopic (exact) mass is 261 g/mol. The first-order chi connectivity index (χ1) is 9.00. The highest BCUT2D eigenvalue weighted by atomic mass is 16.6. The van der Waals surface area contributed by atoms with Crippen molar-refractivity contribution in [3.63, 3.8) is 0 Å². The van der Waals surface area contributed by atoms with E-state index in [1.807, 2.05) is 12.1 Å². The van der Waals surface area contributed by atoms with E-state index < -0.39 is 17.6 Å². The fourth-order valence-corrected chi connectivity index (χ4v) is 2.26. The Bertz CT molecular complexity index is 540. The zero-order valence-electron chi connectivity index (χ0n) is 10.6. The molecule has 1 atom stereocenters. The van der Waals surface area contributed by atoms with Gasteiger partial charge in [-0.15, -0.1) is 0 Å². The van der Waals surface area contributed by atoms with Crippen LogP contribution in [0.3, 0.4) is 0 Å². The highest BCUT2D eigenvalue weighted by molar-refractivity contribution is 6.01. The van der Waals surface area contributed by atoms with Gasteiger partial charge in [0.25, 0.3) is 0 Å². The summed E-state index contributed by atoms with van der Waals surface area (Å²) in [5.74, 6) is -1.06. The normalized spacial score (nSPS) is 20.8. The van der Waals surface area contributed by atoms with Gasteiger partial charge in [0.2, 0.25) is 0 Å². The number of nitrogens with zero attached hydrogens (tertiary/aromatic N) is 1. The molecule has 1 amide bonds. The number of para-hydroxylation sites is 1. The van der Waals surface area contributed by atoms with Crippen LogP contribution in [-0.2, 0) is 16.0 Å². The summed E-state index contributed by atoms with van der Waals surface area (Å²) in [4.78, 5) is 24.8. The summed E-state index contributed by atoms with van der Waals surface area (Å²) >= 11 is 0. The smallest absolute Gasteiger partial charge is 0.415 e. The summed E-state index contributed by atoms with van der Waals surface area (Å²) < 4.78 is 4.98. The maximum absolute atomic E-state index is 12.1. The molecule has 1 aliphatic heterocycles. The van der Waals surface area contributed by atoms with Crippen molar-refractivity contribution in [2.45, 2.75) is 18.9 Å². The molecule has 0 spiro atoms. The molecule has 0 saturated carbocycles. The van der Waals surface area contributed by atoms with Gasteiger partial charge in [-0.3, -0.25) is 4.90 Å². The van der Waals surface area contributed by atoms with Crippen molar-refractivity contribution in [3.05, 3.63) is 42.5 Å². The van der Waals surface area contributed by atoms with Crippen molar-refractivity contribution in [3.8, 4) is 0 Å². The minimum absolute atomic E-state index is 0.0488. The quantitative estimate of drug-likeness (QED) is 0.847. The molecule has 1 aromatic carbocycles. The molecule has 1 heterocycles.